The SMILES string of the molecule is CCCC(CCC)CC(N)=O. The maximum absolute atomic E-state index is 10.6. The third-order valence-electron chi connectivity index (χ3n) is 1.88. The molecular weight excluding hydrogens is 138 g/mol. The number of carbonyl (C=O) groups is 1. The molecule has 0 heterocycles. The van der Waals surface area contributed by atoms with E-state index in [0.717, 1.165) is 25.7 Å². The highest BCUT2D eigenvalue weighted by Gasteiger charge is 2.08. The first-order valence-corrected chi connectivity index (χ1v) is 4.49. The molecule has 0 aromatic heterocycles. The molecule has 0 fully saturated rings. The predicted octanol–water partition coefficient (Wildman–Crippen LogP) is 2.08. The Morgan fingerprint density at radius 2 is 1.73 bits per heavy atom. The summed E-state index contributed by atoms with van der Waals surface area (Å²) in [5.74, 6) is 0.374. The van der Waals surface area contributed by atoms with Crippen LogP contribution in [0.5, 0.6) is 0 Å². The van der Waals surface area contributed by atoms with Gasteiger partial charge in [0.25, 0.3) is 0 Å². The Hall–Kier alpha value is -0.530. The second-order valence-corrected chi connectivity index (χ2v) is 3.11. The fraction of sp³-hybridized carbons (Fsp3) is 0.889. The number of hydrogen-bond donors (Lipinski definition) is 1. The lowest BCUT2D eigenvalue weighted by Gasteiger charge is -2.11. The maximum atomic E-state index is 10.6. The van der Waals surface area contributed by atoms with Crippen molar-refractivity contribution in [3.05, 3.63) is 0 Å². The van der Waals surface area contributed by atoms with Crippen LogP contribution in [0.3, 0.4) is 0 Å². The lowest BCUT2D eigenvalue weighted by molar-refractivity contribution is -0.119. The van der Waals surface area contributed by atoms with Crippen LogP contribution >= 0.6 is 0 Å². The van der Waals surface area contributed by atoms with Crippen molar-refractivity contribution >= 4 is 5.91 Å². The third kappa shape index (κ3) is 5.89. The van der Waals surface area contributed by atoms with Crippen LogP contribution in [0.1, 0.15) is 46.0 Å². The topological polar surface area (TPSA) is 43.1 Å². The van der Waals surface area contributed by atoms with Crippen molar-refractivity contribution in [3.8, 4) is 0 Å². The zero-order valence-electron chi connectivity index (χ0n) is 7.60. The van der Waals surface area contributed by atoms with Crippen LogP contribution in [0.25, 0.3) is 0 Å². The van der Waals surface area contributed by atoms with E-state index in [1.165, 1.54) is 0 Å². The summed E-state index contributed by atoms with van der Waals surface area (Å²) in [7, 11) is 0. The van der Waals surface area contributed by atoms with Crippen molar-refractivity contribution in [1.29, 1.82) is 0 Å². The molecule has 66 valence electrons. The zero-order valence-corrected chi connectivity index (χ0v) is 7.60. The summed E-state index contributed by atoms with van der Waals surface area (Å²) < 4.78 is 0. The molecule has 2 N–H and O–H groups in total. The van der Waals surface area contributed by atoms with Gasteiger partial charge in [0, 0.05) is 6.42 Å². The summed E-state index contributed by atoms with van der Waals surface area (Å²) in [4.78, 5) is 10.6. The van der Waals surface area contributed by atoms with Gasteiger partial charge >= 0.3 is 0 Å². The van der Waals surface area contributed by atoms with E-state index in [9.17, 15) is 4.79 Å². The predicted molar refractivity (Wildman–Crippen MR) is 47.1 cm³/mol. The van der Waals surface area contributed by atoms with Crippen molar-refractivity contribution < 1.29 is 4.79 Å². The average molecular weight is 157 g/mol. The fourth-order valence-electron chi connectivity index (χ4n) is 1.45. The van der Waals surface area contributed by atoms with Gasteiger partial charge in [-0.3, -0.25) is 4.79 Å². The van der Waals surface area contributed by atoms with Gasteiger partial charge in [-0.1, -0.05) is 39.5 Å². The Kier molecular flexibility index (Phi) is 5.90. The van der Waals surface area contributed by atoms with Crippen molar-refractivity contribution in [2.45, 2.75) is 46.0 Å². The highest BCUT2D eigenvalue weighted by Crippen LogP contribution is 2.16. The normalized spacial score (nSPS) is 10.5. The average Bonchev–Trinajstić information content (AvgIpc) is 1.87. The van der Waals surface area contributed by atoms with Crippen LogP contribution in [-0.4, -0.2) is 5.91 Å². The molecule has 11 heavy (non-hydrogen) atoms. The summed E-state index contributed by atoms with van der Waals surface area (Å²) >= 11 is 0. The molecule has 1 amide bonds. The van der Waals surface area contributed by atoms with Gasteiger partial charge < -0.3 is 5.73 Å². The summed E-state index contributed by atoms with van der Waals surface area (Å²) in [6.07, 6.45) is 5.14. The molecule has 0 unspecified atom stereocenters. The van der Waals surface area contributed by atoms with E-state index in [4.69, 9.17) is 5.73 Å². The van der Waals surface area contributed by atoms with Gasteiger partial charge in [-0.05, 0) is 5.92 Å². The molecule has 2 nitrogen and oxygen atoms in total. The Bertz CT molecular complexity index is 106. The van der Waals surface area contributed by atoms with Gasteiger partial charge in [0.1, 0.15) is 0 Å². The van der Waals surface area contributed by atoms with Gasteiger partial charge in [-0.25, -0.2) is 0 Å². The minimum atomic E-state index is -0.156. The Balaban J connectivity index is 3.59. The molecule has 0 aliphatic heterocycles. The smallest absolute Gasteiger partial charge is 0.217 e. The fourth-order valence-corrected chi connectivity index (χ4v) is 1.45. The molecule has 0 saturated carbocycles. The second-order valence-electron chi connectivity index (χ2n) is 3.11. The quantitative estimate of drug-likeness (QED) is 0.630. The van der Waals surface area contributed by atoms with E-state index < -0.39 is 0 Å². The Morgan fingerprint density at radius 3 is 2.00 bits per heavy atom. The molecule has 0 bridgehead atoms. The molecule has 0 aromatic rings. The van der Waals surface area contributed by atoms with Gasteiger partial charge in [0.15, 0.2) is 0 Å². The van der Waals surface area contributed by atoms with Crippen LogP contribution in [0.4, 0.5) is 0 Å². The summed E-state index contributed by atoms with van der Waals surface area (Å²) in [6.45, 7) is 4.29. The van der Waals surface area contributed by atoms with E-state index in [0.29, 0.717) is 12.3 Å². The highest BCUT2D eigenvalue weighted by molar-refractivity contribution is 5.73. The lowest BCUT2D eigenvalue weighted by Crippen LogP contribution is -2.16. The Labute approximate surface area is 69.2 Å². The minimum absolute atomic E-state index is 0.156. The van der Waals surface area contributed by atoms with E-state index >= 15 is 0 Å². The van der Waals surface area contributed by atoms with Gasteiger partial charge in [-0.15, -0.1) is 0 Å². The van der Waals surface area contributed by atoms with E-state index in [-0.39, 0.29) is 5.91 Å². The number of hydrogen-bond acceptors (Lipinski definition) is 1. The molecule has 0 aliphatic carbocycles. The van der Waals surface area contributed by atoms with Crippen LogP contribution in [-0.2, 0) is 4.79 Å². The highest BCUT2D eigenvalue weighted by atomic mass is 16.1. The number of amides is 1. The van der Waals surface area contributed by atoms with E-state index in [1.54, 1.807) is 0 Å². The van der Waals surface area contributed by atoms with Crippen LogP contribution in [0.2, 0.25) is 0 Å². The van der Waals surface area contributed by atoms with Crippen LogP contribution in [0.15, 0.2) is 0 Å². The first-order valence-electron chi connectivity index (χ1n) is 4.49. The third-order valence-corrected chi connectivity index (χ3v) is 1.88. The number of primary amides is 1. The van der Waals surface area contributed by atoms with Gasteiger partial charge in [0.2, 0.25) is 5.91 Å². The Morgan fingerprint density at radius 1 is 1.27 bits per heavy atom. The summed E-state index contributed by atoms with van der Waals surface area (Å²) in [5, 5.41) is 0. The molecule has 0 radical (unpaired) electrons. The van der Waals surface area contributed by atoms with Crippen molar-refractivity contribution in [1.82, 2.24) is 0 Å². The van der Waals surface area contributed by atoms with Crippen molar-refractivity contribution in [2.24, 2.45) is 11.7 Å². The summed E-state index contributed by atoms with van der Waals surface area (Å²) in [5.41, 5.74) is 5.11. The number of rotatable bonds is 6. The second kappa shape index (κ2) is 6.20. The zero-order chi connectivity index (χ0) is 8.69. The molecule has 0 saturated heterocycles. The largest absolute Gasteiger partial charge is 0.370 e. The maximum Gasteiger partial charge on any atom is 0.217 e. The molecule has 0 rings (SSSR count). The molecule has 2 heteroatoms. The van der Waals surface area contributed by atoms with Crippen LogP contribution in [0, 0.1) is 5.92 Å². The van der Waals surface area contributed by atoms with Crippen molar-refractivity contribution in [3.63, 3.8) is 0 Å². The standard InChI is InChI=1S/C9H19NO/c1-3-5-8(6-4-2)7-9(10)11/h8H,3-7H2,1-2H3,(H2,10,11). The molecule has 0 aliphatic rings. The summed E-state index contributed by atoms with van der Waals surface area (Å²) in [6, 6.07) is 0. The molecule has 0 aromatic carbocycles. The number of nitrogens with two attached hydrogens (primary N) is 1. The first kappa shape index (κ1) is 10.5. The molecular formula is C9H19NO. The van der Waals surface area contributed by atoms with E-state index in [1.807, 2.05) is 0 Å². The number of carbonyl (C=O) groups excluding carboxylic acids is 1. The first-order chi connectivity index (χ1) is 5.20. The monoisotopic (exact) mass is 157 g/mol. The van der Waals surface area contributed by atoms with Gasteiger partial charge in [0.05, 0.1) is 0 Å². The van der Waals surface area contributed by atoms with Crippen molar-refractivity contribution in [2.75, 3.05) is 0 Å². The minimum Gasteiger partial charge on any atom is -0.370 e. The van der Waals surface area contributed by atoms with Gasteiger partial charge in [-0.2, -0.15) is 0 Å². The lowest BCUT2D eigenvalue weighted by atomic mass is 9.95. The molecule has 0 atom stereocenters. The molecule has 0 spiro atoms. The van der Waals surface area contributed by atoms with Crippen LogP contribution < -0.4 is 5.73 Å². The van der Waals surface area contributed by atoms with E-state index in [2.05, 4.69) is 13.8 Å².